The van der Waals surface area contributed by atoms with Gasteiger partial charge in [-0.1, -0.05) is 54.1 Å². The van der Waals surface area contributed by atoms with Crippen LogP contribution < -0.4 is 0 Å². The maximum atomic E-state index is 9.82. The zero-order valence-electron chi connectivity index (χ0n) is 15.9. The Morgan fingerprint density at radius 1 is 1.00 bits per heavy atom. The third-order valence-corrected chi connectivity index (χ3v) is 5.13. The molecular weight excluding hydrogens is 320 g/mol. The van der Waals surface area contributed by atoms with E-state index in [9.17, 15) is 5.11 Å². The molecule has 0 bridgehead atoms. The molecule has 1 aliphatic rings. The van der Waals surface area contributed by atoms with Gasteiger partial charge in [-0.05, 0) is 43.5 Å². The molecule has 0 aromatic heterocycles. The molecule has 0 spiro atoms. The van der Waals surface area contributed by atoms with Crippen LogP contribution >= 0.6 is 0 Å². The van der Waals surface area contributed by atoms with Crippen LogP contribution in [0.25, 0.3) is 0 Å². The van der Waals surface area contributed by atoms with E-state index in [0.717, 1.165) is 39.1 Å². The Morgan fingerprint density at radius 3 is 2.38 bits per heavy atom. The molecule has 1 atom stereocenters. The van der Waals surface area contributed by atoms with E-state index >= 15 is 0 Å². The Kier molecular flexibility index (Phi) is 6.48. The summed E-state index contributed by atoms with van der Waals surface area (Å²) in [5.74, 6) is 0.348. The van der Waals surface area contributed by atoms with Crippen molar-refractivity contribution in [3.05, 3.63) is 77.4 Å². The number of piperazine rings is 1. The van der Waals surface area contributed by atoms with Gasteiger partial charge in [-0.15, -0.1) is 0 Å². The fourth-order valence-corrected chi connectivity index (χ4v) is 3.61. The number of phenols is 1. The monoisotopic (exact) mass is 350 g/mol. The molecule has 3 heteroatoms. The highest BCUT2D eigenvalue weighted by atomic mass is 16.3. The number of allylic oxidation sites excluding steroid dienone is 1. The molecule has 0 aliphatic carbocycles. The van der Waals surface area contributed by atoms with E-state index in [1.54, 1.807) is 6.07 Å². The van der Waals surface area contributed by atoms with Crippen molar-refractivity contribution in [3.8, 4) is 5.75 Å². The molecule has 0 radical (unpaired) electrons. The number of aromatic hydroxyl groups is 1. The fourth-order valence-electron chi connectivity index (χ4n) is 3.61. The Hall–Kier alpha value is -2.10. The second kappa shape index (κ2) is 9.02. The Labute approximate surface area is 157 Å². The van der Waals surface area contributed by atoms with Gasteiger partial charge in [0.05, 0.1) is 0 Å². The molecule has 0 saturated carbocycles. The first-order valence-corrected chi connectivity index (χ1v) is 9.54. The van der Waals surface area contributed by atoms with Gasteiger partial charge in [0.1, 0.15) is 5.75 Å². The summed E-state index contributed by atoms with van der Waals surface area (Å²) in [6.45, 7) is 9.75. The molecule has 138 valence electrons. The molecule has 3 nitrogen and oxygen atoms in total. The third-order valence-electron chi connectivity index (χ3n) is 5.13. The Bertz CT molecular complexity index is 714. The lowest BCUT2D eigenvalue weighted by Crippen LogP contribution is -2.48. The lowest BCUT2D eigenvalue weighted by molar-refractivity contribution is 0.102. The van der Waals surface area contributed by atoms with E-state index in [1.165, 1.54) is 16.7 Å². The van der Waals surface area contributed by atoms with Crippen molar-refractivity contribution in [2.75, 3.05) is 32.7 Å². The summed E-state index contributed by atoms with van der Waals surface area (Å²) in [7, 11) is 0. The second-order valence-corrected chi connectivity index (χ2v) is 7.42. The quantitative estimate of drug-likeness (QED) is 0.789. The summed E-state index contributed by atoms with van der Waals surface area (Å²) in [6.07, 6.45) is 3.24. The standard InChI is InChI=1S/C23H30N2O/c1-19(2)11-12-24-13-15-25(16-14-24)23(21-8-4-3-5-9-21)18-20-7-6-10-22(26)17-20/h3-11,17,23,26H,12-16,18H2,1-2H3/t23-/m0/s1. The van der Waals surface area contributed by atoms with Crippen molar-refractivity contribution in [1.29, 1.82) is 0 Å². The van der Waals surface area contributed by atoms with Gasteiger partial charge in [0.2, 0.25) is 0 Å². The molecule has 0 unspecified atom stereocenters. The molecule has 26 heavy (non-hydrogen) atoms. The average molecular weight is 351 g/mol. The van der Waals surface area contributed by atoms with Gasteiger partial charge < -0.3 is 5.11 Å². The minimum atomic E-state index is 0.348. The summed E-state index contributed by atoms with van der Waals surface area (Å²) >= 11 is 0. The van der Waals surface area contributed by atoms with Gasteiger partial charge in [0.25, 0.3) is 0 Å². The van der Waals surface area contributed by atoms with Crippen LogP contribution in [0.4, 0.5) is 0 Å². The van der Waals surface area contributed by atoms with Gasteiger partial charge in [0, 0.05) is 38.8 Å². The van der Waals surface area contributed by atoms with Crippen molar-refractivity contribution in [1.82, 2.24) is 9.80 Å². The van der Waals surface area contributed by atoms with Crippen LogP contribution in [-0.4, -0.2) is 47.6 Å². The van der Waals surface area contributed by atoms with Crippen molar-refractivity contribution < 1.29 is 5.11 Å². The highest BCUT2D eigenvalue weighted by molar-refractivity contribution is 5.30. The molecule has 1 N–H and O–H groups in total. The Balaban J connectivity index is 1.71. The molecule has 2 aromatic carbocycles. The lowest BCUT2D eigenvalue weighted by atomic mass is 9.96. The molecule has 2 aromatic rings. The molecule has 1 saturated heterocycles. The third kappa shape index (κ3) is 5.20. The van der Waals surface area contributed by atoms with Gasteiger partial charge in [-0.2, -0.15) is 0 Å². The number of rotatable bonds is 6. The Morgan fingerprint density at radius 2 is 1.73 bits per heavy atom. The van der Waals surface area contributed by atoms with E-state index < -0.39 is 0 Å². The predicted molar refractivity (Wildman–Crippen MR) is 108 cm³/mol. The molecule has 3 rings (SSSR count). The van der Waals surface area contributed by atoms with Crippen LogP contribution in [0.2, 0.25) is 0 Å². The first-order chi connectivity index (χ1) is 12.6. The van der Waals surface area contributed by atoms with Gasteiger partial charge in [-0.3, -0.25) is 9.80 Å². The number of phenolic OH excluding ortho intramolecular Hbond substituents is 1. The van der Waals surface area contributed by atoms with Crippen LogP contribution in [0.1, 0.15) is 31.0 Å². The summed E-state index contributed by atoms with van der Waals surface area (Å²) < 4.78 is 0. The topological polar surface area (TPSA) is 26.7 Å². The van der Waals surface area contributed by atoms with Crippen LogP contribution in [0.15, 0.2) is 66.2 Å². The maximum Gasteiger partial charge on any atom is 0.115 e. The second-order valence-electron chi connectivity index (χ2n) is 7.42. The summed E-state index contributed by atoms with van der Waals surface area (Å²) in [4.78, 5) is 5.12. The van der Waals surface area contributed by atoms with Crippen LogP contribution in [0, 0.1) is 0 Å². The molecule has 0 amide bonds. The highest BCUT2D eigenvalue weighted by Crippen LogP contribution is 2.27. The predicted octanol–water partition coefficient (Wildman–Crippen LogP) is 4.26. The SMILES string of the molecule is CC(C)=CCN1CCN([C@@H](Cc2cccc(O)c2)c2ccccc2)CC1. The maximum absolute atomic E-state index is 9.82. The van der Waals surface area contributed by atoms with E-state index in [0.29, 0.717) is 11.8 Å². The summed E-state index contributed by atoms with van der Waals surface area (Å²) in [5, 5.41) is 9.82. The first kappa shape index (κ1) is 18.7. The van der Waals surface area contributed by atoms with Crippen LogP contribution in [-0.2, 0) is 6.42 Å². The molecular formula is C23H30N2O. The van der Waals surface area contributed by atoms with Crippen molar-refractivity contribution in [3.63, 3.8) is 0 Å². The number of nitrogens with zero attached hydrogens (tertiary/aromatic N) is 2. The van der Waals surface area contributed by atoms with Gasteiger partial charge >= 0.3 is 0 Å². The van der Waals surface area contributed by atoms with E-state index in [1.807, 2.05) is 12.1 Å². The summed E-state index contributed by atoms with van der Waals surface area (Å²) in [6, 6.07) is 18.8. The minimum Gasteiger partial charge on any atom is -0.508 e. The fraction of sp³-hybridized carbons (Fsp3) is 0.391. The number of benzene rings is 2. The van der Waals surface area contributed by atoms with Crippen LogP contribution in [0.3, 0.4) is 0 Å². The highest BCUT2D eigenvalue weighted by Gasteiger charge is 2.25. The van der Waals surface area contributed by atoms with E-state index in [-0.39, 0.29) is 0 Å². The van der Waals surface area contributed by atoms with E-state index in [4.69, 9.17) is 0 Å². The van der Waals surface area contributed by atoms with E-state index in [2.05, 4.69) is 66.1 Å². The van der Waals surface area contributed by atoms with Crippen molar-refractivity contribution in [2.24, 2.45) is 0 Å². The van der Waals surface area contributed by atoms with Crippen molar-refractivity contribution >= 4 is 0 Å². The van der Waals surface area contributed by atoms with Gasteiger partial charge in [-0.25, -0.2) is 0 Å². The van der Waals surface area contributed by atoms with Crippen LogP contribution in [0.5, 0.6) is 5.75 Å². The normalized spacial score (nSPS) is 17.0. The molecule has 1 aliphatic heterocycles. The van der Waals surface area contributed by atoms with Crippen molar-refractivity contribution in [2.45, 2.75) is 26.3 Å². The molecule has 1 fully saturated rings. The smallest absolute Gasteiger partial charge is 0.115 e. The zero-order valence-corrected chi connectivity index (χ0v) is 15.9. The molecule has 1 heterocycles. The lowest BCUT2D eigenvalue weighted by Gasteiger charge is -2.39. The number of hydrogen-bond acceptors (Lipinski definition) is 3. The van der Waals surface area contributed by atoms with Gasteiger partial charge in [0.15, 0.2) is 0 Å². The summed E-state index contributed by atoms with van der Waals surface area (Å²) in [5.41, 5.74) is 3.93. The average Bonchev–Trinajstić information content (AvgIpc) is 2.66. The first-order valence-electron chi connectivity index (χ1n) is 9.54. The largest absolute Gasteiger partial charge is 0.508 e. The number of hydrogen-bond donors (Lipinski definition) is 1. The minimum absolute atomic E-state index is 0.348. The zero-order chi connectivity index (χ0) is 18.4.